The molecule has 1 heterocycles. The molecule has 1 aromatic rings. The minimum atomic E-state index is -0.564. The molecule has 2 aliphatic rings. The number of benzene rings is 1. The molecule has 0 N–H and O–H groups in total. The van der Waals surface area contributed by atoms with E-state index in [4.69, 9.17) is 4.84 Å². The molecule has 23 heavy (non-hydrogen) atoms. The second-order valence-corrected chi connectivity index (χ2v) is 6.31. The van der Waals surface area contributed by atoms with Gasteiger partial charge in [-0.2, -0.15) is 0 Å². The molecule has 3 rings (SSSR count). The first-order valence-electron chi connectivity index (χ1n) is 8.35. The van der Waals surface area contributed by atoms with Gasteiger partial charge in [0.15, 0.2) is 0 Å². The van der Waals surface area contributed by atoms with Crippen molar-refractivity contribution in [3.05, 3.63) is 35.4 Å². The first-order chi connectivity index (χ1) is 11.2. The lowest BCUT2D eigenvalue weighted by Gasteiger charge is -2.21. The first kappa shape index (κ1) is 15.7. The predicted molar refractivity (Wildman–Crippen MR) is 83.5 cm³/mol. The van der Waals surface area contributed by atoms with Crippen LogP contribution >= 0.6 is 0 Å². The van der Waals surface area contributed by atoms with Gasteiger partial charge in [-0.15, -0.1) is 0 Å². The van der Waals surface area contributed by atoms with E-state index in [1.165, 1.54) is 32.1 Å². The summed E-state index contributed by atoms with van der Waals surface area (Å²) < 4.78 is 0. The van der Waals surface area contributed by atoms with Gasteiger partial charge in [0.2, 0.25) is 0 Å². The minimum absolute atomic E-state index is 0.240. The zero-order valence-electron chi connectivity index (χ0n) is 13.1. The van der Waals surface area contributed by atoms with Gasteiger partial charge in [-0.1, -0.05) is 49.3 Å². The van der Waals surface area contributed by atoms with Crippen LogP contribution in [0, 0.1) is 5.92 Å². The van der Waals surface area contributed by atoms with Crippen LogP contribution < -0.4 is 0 Å². The summed E-state index contributed by atoms with van der Waals surface area (Å²) in [6.45, 7) is 0. The van der Waals surface area contributed by atoms with E-state index in [9.17, 15) is 14.4 Å². The summed E-state index contributed by atoms with van der Waals surface area (Å²) in [5.74, 6) is -0.941. The Balaban J connectivity index is 1.49. The van der Waals surface area contributed by atoms with E-state index >= 15 is 0 Å². The summed E-state index contributed by atoms with van der Waals surface area (Å²) in [4.78, 5) is 41.1. The number of imide groups is 1. The molecule has 0 unspecified atom stereocenters. The minimum Gasteiger partial charge on any atom is -0.330 e. The second-order valence-electron chi connectivity index (χ2n) is 6.31. The molecule has 2 amide bonds. The van der Waals surface area contributed by atoms with Gasteiger partial charge in [0, 0.05) is 6.42 Å². The molecule has 0 aromatic heterocycles. The van der Waals surface area contributed by atoms with Crippen LogP contribution in [0.1, 0.15) is 72.1 Å². The van der Waals surface area contributed by atoms with E-state index in [1.807, 2.05) is 0 Å². The highest BCUT2D eigenvalue weighted by Gasteiger charge is 2.38. The van der Waals surface area contributed by atoms with Crippen LogP contribution in [0.5, 0.6) is 0 Å². The number of rotatable bonds is 5. The third kappa shape index (κ3) is 3.44. The topological polar surface area (TPSA) is 63.7 Å². The van der Waals surface area contributed by atoms with E-state index in [0.29, 0.717) is 11.0 Å². The number of hydrogen-bond donors (Lipinski definition) is 0. The van der Waals surface area contributed by atoms with Gasteiger partial charge in [0.1, 0.15) is 0 Å². The Morgan fingerprint density at radius 1 is 1.04 bits per heavy atom. The Morgan fingerprint density at radius 2 is 1.65 bits per heavy atom. The summed E-state index contributed by atoms with van der Waals surface area (Å²) in [6, 6.07) is 6.48. The third-order valence-corrected chi connectivity index (χ3v) is 4.67. The molecule has 5 nitrogen and oxygen atoms in total. The Hall–Kier alpha value is -2.17. The summed E-state index contributed by atoms with van der Waals surface area (Å²) >= 11 is 0. The molecular weight excluding hydrogens is 294 g/mol. The lowest BCUT2D eigenvalue weighted by atomic mass is 9.86. The van der Waals surface area contributed by atoms with E-state index in [2.05, 4.69) is 0 Å². The Bertz CT molecular complexity index is 584. The number of hydroxylamine groups is 2. The predicted octanol–water partition coefficient (Wildman–Crippen LogP) is 3.49. The molecule has 5 heteroatoms. The van der Waals surface area contributed by atoms with Crippen molar-refractivity contribution in [2.75, 3.05) is 0 Å². The Labute approximate surface area is 135 Å². The van der Waals surface area contributed by atoms with Crippen LogP contribution in [-0.2, 0) is 9.63 Å². The van der Waals surface area contributed by atoms with Gasteiger partial charge >= 0.3 is 5.97 Å². The number of fused-ring (bicyclic) bond motifs is 1. The zero-order chi connectivity index (χ0) is 16.2. The molecule has 0 atom stereocenters. The average molecular weight is 315 g/mol. The first-order valence-corrected chi connectivity index (χ1v) is 8.35. The largest absolute Gasteiger partial charge is 0.333 e. The van der Waals surface area contributed by atoms with Gasteiger partial charge in [-0.3, -0.25) is 9.59 Å². The van der Waals surface area contributed by atoms with Crippen LogP contribution in [0.4, 0.5) is 0 Å². The maximum atomic E-state index is 12.1. The smallest absolute Gasteiger partial charge is 0.330 e. The van der Waals surface area contributed by atoms with Crippen LogP contribution in [0.15, 0.2) is 24.3 Å². The van der Waals surface area contributed by atoms with Crippen molar-refractivity contribution in [3.63, 3.8) is 0 Å². The molecule has 0 radical (unpaired) electrons. The number of hydrogen-bond acceptors (Lipinski definition) is 4. The zero-order valence-corrected chi connectivity index (χ0v) is 13.1. The molecule has 1 fully saturated rings. The molecular formula is C18H21NO4. The summed E-state index contributed by atoms with van der Waals surface area (Å²) in [5.41, 5.74) is 0.569. The number of carbonyl (C=O) groups is 3. The summed E-state index contributed by atoms with van der Waals surface area (Å²) in [6.07, 6.45) is 8.36. The standard InChI is InChI=1S/C18H21NO4/c20-16(12-6-9-13-7-2-1-3-8-13)23-19-17(21)14-10-4-5-11-15(14)18(19)22/h4-5,10-11,13H,1-3,6-9,12H2. The molecule has 122 valence electrons. The third-order valence-electron chi connectivity index (χ3n) is 4.67. The van der Waals surface area contributed by atoms with Crippen LogP contribution in [0.25, 0.3) is 0 Å². The number of amides is 2. The lowest BCUT2D eigenvalue weighted by molar-refractivity contribution is -0.168. The number of carbonyl (C=O) groups excluding carboxylic acids is 3. The van der Waals surface area contributed by atoms with E-state index in [0.717, 1.165) is 12.8 Å². The fourth-order valence-corrected chi connectivity index (χ4v) is 3.41. The second kappa shape index (κ2) is 6.94. The maximum Gasteiger partial charge on any atom is 0.333 e. The van der Waals surface area contributed by atoms with Crippen molar-refractivity contribution in [1.29, 1.82) is 0 Å². The molecule has 1 aromatic carbocycles. The maximum absolute atomic E-state index is 12.1. The van der Waals surface area contributed by atoms with Crippen molar-refractivity contribution < 1.29 is 19.2 Å². The van der Waals surface area contributed by atoms with Gasteiger partial charge in [0.05, 0.1) is 11.1 Å². The van der Waals surface area contributed by atoms with Crippen molar-refractivity contribution in [1.82, 2.24) is 5.06 Å². The van der Waals surface area contributed by atoms with Crippen molar-refractivity contribution in [3.8, 4) is 0 Å². The highest BCUT2D eigenvalue weighted by atomic mass is 16.7. The van der Waals surface area contributed by atoms with E-state index in [-0.39, 0.29) is 17.5 Å². The summed E-state index contributed by atoms with van der Waals surface area (Å²) in [7, 11) is 0. The normalized spacial score (nSPS) is 18.2. The Kier molecular flexibility index (Phi) is 4.74. The average Bonchev–Trinajstić information content (AvgIpc) is 2.81. The fourth-order valence-electron chi connectivity index (χ4n) is 3.41. The molecule has 0 spiro atoms. The van der Waals surface area contributed by atoms with Crippen molar-refractivity contribution in [2.24, 2.45) is 5.92 Å². The monoisotopic (exact) mass is 315 g/mol. The van der Waals surface area contributed by atoms with E-state index in [1.54, 1.807) is 24.3 Å². The highest BCUT2D eigenvalue weighted by molar-refractivity contribution is 6.20. The van der Waals surface area contributed by atoms with Gasteiger partial charge in [-0.25, -0.2) is 4.79 Å². The number of nitrogens with zero attached hydrogens (tertiary/aromatic N) is 1. The van der Waals surface area contributed by atoms with Crippen LogP contribution in [0.3, 0.4) is 0 Å². The van der Waals surface area contributed by atoms with Crippen molar-refractivity contribution in [2.45, 2.75) is 51.4 Å². The summed E-state index contributed by atoms with van der Waals surface area (Å²) in [5, 5.41) is 0.591. The quantitative estimate of drug-likeness (QED) is 0.780. The van der Waals surface area contributed by atoms with Crippen molar-refractivity contribution >= 4 is 17.8 Å². The fraction of sp³-hybridized carbons (Fsp3) is 0.500. The van der Waals surface area contributed by atoms with Crippen LogP contribution in [0.2, 0.25) is 0 Å². The van der Waals surface area contributed by atoms with E-state index < -0.39 is 17.8 Å². The molecule has 1 aliphatic carbocycles. The lowest BCUT2D eigenvalue weighted by Crippen LogP contribution is -2.32. The van der Waals surface area contributed by atoms with Crippen LogP contribution in [-0.4, -0.2) is 22.8 Å². The molecule has 0 saturated heterocycles. The Morgan fingerprint density at radius 3 is 2.26 bits per heavy atom. The van der Waals surface area contributed by atoms with Gasteiger partial charge in [-0.05, 0) is 30.9 Å². The van der Waals surface area contributed by atoms with Gasteiger partial charge in [0.25, 0.3) is 11.8 Å². The molecule has 1 aliphatic heterocycles. The SMILES string of the molecule is O=C(CCCC1CCCCC1)ON1C(=O)c2ccccc2C1=O. The van der Waals surface area contributed by atoms with Gasteiger partial charge < -0.3 is 4.84 Å². The molecule has 0 bridgehead atoms. The highest BCUT2D eigenvalue weighted by Crippen LogP contribution is 2.28. The molecule has 1 saturated carbocycles.